The molecule has 0 aliphatic heterocycles. The molecule has 2 aromatic carbocycles. The minimum atomic E-state index is 0.564. The topological polar surface area (TPSA) is 71.8 Å². The second kappa shape index (κ2) is 6.28. The average Bonchev–Trinajstić information content (AvgIpc) is 3.36. The van der Waals surface area contributed by atoms with Gasteiger partial charge >= 0.3 is 0 Å². The van der Waals surface area contributed by atoms with Crippen molar-refractivity contribution in [3.05, 3.63) is 54.2 Å². The Hall–Kier alpha value is -3.06. The maximum Gasteiger partial charge on any atom is 0.235 e. The molecule has 5 aromatic rings. The molecule has 0 aliphatic carbocycles. The van der Waals surface area contributed by atoms with Crippen LogP contribution >= 0.6 is 11.3 Å². The van der Waals surface area contributed by atoms with Crippen LogP contribution in [-0.4, -0.2) is 30.0 Å². The van der Waals surface area contributed by atoms with Crippen molar-refractivity contribution in [1.29, 1.82) is 0 Å². The number of hydrogen-bond acceptors (Lipinski definition) is 5. The normalized spacial score (nSPS) is 11.8. The monoisotopic (exact) mass is 374 g/mol. The predicted molar refractivity (Wildman–Crippen MR) is 108 cm³/mol. The summed E-state index contributed by atoms with van der Waals surface area (Å²) in [6, 6.07) is 16.7. The van der Waals surface area contributed by atoms with Crippen molar-refractivity contribution in [2.24, 2.45) is 5.92 Å². The minimum Gasteiger partial charge on any atom is -0.282 e. The van der Waals surface area contributed by atoms with Crippen molar-refractivity contribution in [2.75, 3.05) is 0 Å². The van der Waals surface area contributed by atoms with Gasteiger partial charge in [0, 0.05) is 11.3 Å². The summed E-state index contributed by atoms with van der Waals surface area (Å²) in [5.41, 5.74) is 2.98. The molecule has 0 aliphatic rings. The second-order valence-electron chi connectivity index (χ2n) is 7.03. The number of aromatic amines is 1. The van der Waals surface area contributed by atoms with Crippen molar-refractivity contribution < 1.29 is 0 Å². The van der Waals surface area contributed by atoms with E-state index in [4.69, 9.17) is 5.10 Å². The quantitative estimate of drug-likeness (QED) is 0.499. The molecule has 0 fully saturated rings. The van der Waals surface area contributed by atoms with Crippen LogP contribution in [0.1, 0.15) is 19.5 Å². The van der Waals surface area contributed by atoms with Crippen molar-refractivity contribution in [3.63, 3.8) is 0 Å². The number of H-pyrrole nitrogens is 1. The van der Waals surface area contributed by atoms with E-state index in [1.807, 2.05) is 6.07 Å². The van der Waals surface area contributed by atoms with Gasteiger partial charge in [-0.1, -0.05) is 67.6 Å². The first-order valence-electron chi connectivity index (χ1n) is 8.94. The minimum absolute atomic E-state index is 0.564. The van der Waals surface area contributed by atoms with Gasteiger partial charge in [0.15, 0.2) is 0 Å². The highest BCUT2D eigenvalue weighted by Gasteiger charge is 2.17. The average molecular weight is 374 g/mol. The first kappa shape index (κ1) is 16.1. The molecule has 7 heteroatoms. The van der Waals surface area contributed by atoms with Gasteiger partial charge < -0.3 is 0 Å². The first-order chi connectivity index (χ1) is 13.2. The van der Waals surface area contributed by atoms with E-state index in [9.17, 15) is 0 Å². The van der Waals surface area contributed by atoms with Crippen LogP contribution in [0.25, 0.3) is 37.8 Å². The third kappa shape index (κ3) is 2.80. The van der Waals surface area contributed by atoms with Crippen LogP contribution in [-0.2, 0) is 6.42 Å². The van der Waals surface area contributed by atoms with Gasteiger partial charge in [-0.05, 0) is 29.2 Å². The second-order valence-corrected chi connectivity index (χ2v) is 7.98. The predicted octanol–water partition coefficient (Wildman–Crippen LogP) is 4.59. The SMILES string of the molecule is CC(C)Cc1cc(-c2nnc3sc(-c4cccc5ccccc45)nn23)n[nH]1. The molecule has 0 unspecified atom stereocenters. The van der Waals surface area contributed by atoms with Crippen LogP contribution < -0.4 is 0 Å². The molecule has 0 radical (unpaired) electrons. The molecule has 3 heterocycles. The zero-order valence-corrected chi connectivity index (χ0v) is 15.9. The lowest BCUT2D eigenvalue weighted by atomic mass is 10.1. The van der Waals surface area contributed by atoms with E-state index in [-0.39, 0.29) is 0 Å². The Morgan fingerprint density at radius 1 is 1.07 bits per heavy atom. The van der Waals surface area contributed by atoms with E-state index in [1.165, 1.54) is 22.1 Å². The molecule has 0 bridgehead atoms. The van der Waals surface area contributed by atoms with E-state index >= 15 is 0 Å². The van der Waals surface area contributed by atoms with Gasteiger partial charge in [-0.25, -0.2) is 0 Å². The number of hydrogen-bond donors (Lipinski definition) is 1. The summed E-state index contributed by atoms with van der Waals surface area (Å²) < 4.78 is 1.79. The van der Waals surface area contributed by atoms with Gasteiger partial charge in [0.25, 0.3) is 0 Å². The Kier molecular flexibility index (Phi) is 3.75. The number of rotatable bonds is 4. The molecule has 0 spiro atoms. The molecular formula is C20H18N6S. The summed E-state index contributed by atoms with van der Waals surface area (Å²) >= 11 is 1.54. The smallest absolute Gasteiger partial charge is 0.235 e. The van der Waals surface area contributed by atoms with Gasteiger partial charge in [-0.15, -0.1) is 10.2 Å². The molecule has 0 atom stereocenters. The fourth-order valence-electron chi connectivity index (χ4n) is 3.32. The third-order valence-electron chi connectivity index (χ3n) is 4.50. The van der Waals surface area contributed by atoms with Crippen molar-refractivity contribution in [2.45, 2.75) is 20.3 Å². The third-order valence-corrected chi connectivity index (χ3v) is 5.43. The van der Waals surface area contributed by atoms with Gasteiger partial charge in [0.2, 0.25) is 10.8 Å². The van der Waals surface area contributed by atoms with Crippen LogP contribution in [0.3, 0.4) is 0 Å². The zero-order valence-electron chi connectivity index (χ0n) is 15.0. The van der Waals surface area contributed by atoms with Crippen LogP contribution in [0.2, 0.25) is 0 Å². The highest BCUT2D eigenvalue weighted by molar-refractivity contribution is 7.19. The number of nitrogens with one attached hydrogen (secondary N) is 1. The lowest BCUT2D eigenvalue weighted by Crippen LogP contribution is -1.93. The molecule has 27 heavy (non-hydrogen) atoms. The fraction of sp³-hybridized carbons (Fsp3) is 0.200. The Balaban J connectivity index is 1.60. The number of benzene rings is 2. The summed E-state index contributed by atoms with van der Waals surface area (Å²) in [5.74, 6) is 1.23. The molecule has 134 valence electrons. The lowest BCUT2D eigenvalue weighted by Gasteiger charge is -2.02. The van der Waals surface area contributed by atoms with E-state index in [1.54, 1.807) is 4.52 Å². The van der Waals surface area contributed by atoms with Crippen LogP contribution in [0.5, 0.6) is 0 Å². The van der Waals surface area contributed by atoms with Crippen LogP contribution in [0.15, 0.2) is 48.5 Å². The van der Waals surface area contributed by atoms with Gasteiger partial charge in [0.05, 0.1) is 0 Å². The molecular weight excluding hydrogens is 356 g/mol. The molecule has 5 rings (SSSR count). The Bertz CT molecular complexity index is 1240. The molecule has 0 saturated heterocycles. The molecule has 1 N–H and O–H groups in total. The number of nitrogens with zero attached hydrogens (tertiary/aromatic N) is 5. The molecule has 0 saturated carbocycles. The highest BCUT2D eigenvalue weighted by Crippen LogP contribution is 2.32. The van der Waals surface area contributed by atoms with Crippen molar-refractivity contribution >= 4 is 27.1 Å². The fourth-order valence-corrected chi connectivity index (χ4v) is 4.20. The maximum absolute atomic E-state index is 4.80. The zero-order chi connectivity index (χ0) is 18.4. The summed E-state index contributed by atoms with van der Waals surface area (Å²) in [5, 5.41) is 24.2. The van der Waals surface area contributed by atoms with E-state index in [0.29, 0.717) is 11.7 Å². The summed E-state index contributed by atoms with van der Waals surface area (Å²) in [7, 11) is 0. The molecule has 6 nitrogen and oxygen atoms in total. The number of aromatic nitrogens is 6. The van der Waals surface area contributed by atoms with E-state index in [2.05, 4.69) is 76.7 Å². The number of fused-ring (bicyclic) bond motifs is 2. The Morgan fingerprint density at radius 2 is 1.93 bits per heavy atom. The highest BCUT2D eigenvalue weighted by atomic mass is 32.1. The maximum atomic E-state index is 4.80. The van der Waals surface area contributed by atoms with Crippen LogP contribution in [0.4, 0.5) is 0 Å². The lowest BCUT2D eigenvalue weighted by molar-refractivity contribution is 0.633. The Morgan fingerprint density at radius 3 is 2.81 bits per heavy atom. The summed E-state index contributed by atoms with van der Waals surface area (Å²) in [4.78, 5) is 0.765. The summed E-state index contributed by atoms with van der Waals surface area (Å²) in [6.07, 6.45) is 0.952. The van der Waals surface area contributed by atoms with Gasteiger partial charge in [-0.2, -0.15) is 14.7 Å². The van der Waals surface area contributed by atoms with E-state index < -0.39 is 0 Å². The van der Waals surface area contributed by atoms with E-state index in [0.717, 1.165) is 33.3 Å². The van der Waals surface area contributed by atoms with Crippen molar-refractivity contribution in [3.8, 4) is 22.1 Å². The van der Waals surface area contributed by atoms with Gasteiger partial charge in [0.1, 0.15) is 10.7 Å². The van der Waals surface area contributed by atoms with Gasteiger partial charge in [-0.3, -0.25) is 5.10 Å². The molecule has 3 aromatic heterocycles. The van der Waals surface area contributed by atoms with Crippen molar-refractivity contribution in [1.82, 2.24) is 30.0 Å². The van der Waals surface area contributed by atoms with Crippen LogP contribution in [0, 0.1) is 5.92 Å². The standard InChI is InChI=1S/C20H18N6S/c1-12(2)10-14-11-17(22-21-14)18-23-24-20-26(18)25-19(27-20)16-9-5-7-13-6-3-4-8-15(13)16/h3-9,11-12H,10H2,1-2H3,(H,21,22). The molecule has 0 amide bonds. The Labute approximate surface area is 159 Å². The largest absolute Gasteiger partial charge is 0.282 e. The summed E-state index contributed by atoms with van der Waals surface area (Å²) in [6.45, 7) is 4.37. The first-order valence-corrected chi connectivity index (χ1v) is 9.76.